The molecule has 0 aliphatic heterocycles. The van der Waals surface area contributed by atoms with Gasteiger partial charge in [0.05, 0.1) is 0 Å². The Hall–Kier alpha value is -0.930. The molecule has 0 amide bonds. The fourth-order valence-corrected chi connectivity index (χ4v) is 1.75. The van der Waals surface area contributed by atoms with Gasteiger partial charge in [0.15, 0.2) is 0 Å². The molecule has 0 saturated carbocycles. The van der Waals surface area contributed by atoms with Crippen molar-refractivity contribution < 1.29 is 9.50 Å². The van der Waals surface area contributed by atoms with Crippen LogP contribution >= 0.6 is 0 Å². The van der Waals surface area contributed by atoms with Crippen LogP contribution in [-0.4, -0.2) is 36.8 Å². The Morgan fingerprint density at radius 2 is 1.76 bits per heavy atom. The highest BCUT2D eigenvalue weighted by Gasteiger charge is 1.99. The van der Waals surface area contributed by atoms with E-state index in [-0.39, 0.29) is 5.82 Å². The van der Waals surface area contributed by atoms with Gasteiger partial charge in [0.25, 0.3) is 0 Å². The van der Waals surface area contributed by atoms with Crippen LogP contribution in [0.5, 0.6) is 0 Å². The van der Waals surface area contributed by atoms with Crippen molar-refractivity contribution in [1.29, 1.82) is 0 Å². The minimum Gasteiger partial charge on any atom is -0.396 e. The molecule has 0 spiro atoms. The van der Waals surface area contributed by atoms with Gasteiger partial charge in [0.1, 0.15) is 5.82 Å². The maximum Gasteiger partial charge on any atom is 0.123 e. The third kappa shape index (κ3) is 6.39. The van der Waals surface area contributed by atoms with Gasteiger partial charge in [0.2, 0.25) is 0 Å². The number of unbranched alkanes of at least 4 members (excludes halogenated alkanes) is 2. The van der Waals surface area contributed by atoms with Crippen molar-refractivity contribution in [2.45, 2.75) is 25.7 Å². The van der Waals surface area contributed by atoms with Crippen LogP contribution in [0.4, 0.5) is 4.39 Å². The Balaban J connectivity index is 2.14. The van der Waals surface area contributed by atoms with Crippen molar-refractivity contribution in [1.82, 2.24) is 4.90 Å². The van der Waals surface area contributed by atoms with Crippen LogP contribution in [0.3, 0.4) is 0 Å². The molecule has 17 heavy (non-hydrogen) atoms. The summed E-state index contributed by atoms with van der Waals surface area (Å²) in [6.07, 6.45) is 4.06. The van der Waals surface area contributed by atoms with Gasteiger partial charge in [-0.05, 0) is 57.0 Å². The first-order valence-corrected chi connectivity index (χ1v) is 6.26. The summed E-state index contributed by atoms with van der Waals surface area (Å²) in [5.74, 6) is -0.175. The highest BCUT2D eigenvalue weighted by molar-refractivity contribution is 5.16. The average Bonchev–Trinajstić information content (AvgIpc) is 2.34. The van der Waals surface area contributed by atoms with Crippen molar-refractivity contribution in [2.24, 2.45) is 0 Å². The van der Waals surface area contributed by atoms with E-state index >= 15 is 0 Å². The largest absolute Gasteiger partial charge is 0.396 e. The highest BCUT2D eigenvalue weighted by Crippen LogP contribution is 2.04. The molecule has 2 nitrogen and oxygen atoms in total. The molecule has 0 atom stereocenters. The number of benzene rings is 1. The first-order valence-electron chi connectivity index (χ1n) is 6.26. The minimum absolute atomic E-state index is 0.175. The van der Waals surface area contributed by atoms with Crippen LogP contribution in [0.1, 0.15) is 24.8 Å². The number of rotatable bonds is 8. The van der Waals surface area contributed by atoms with Crippen LogP contribution in [0, 0.1) is 5.82 Å². The molecule has 0 aromatic heterocycles. The predicted octanol–water partition coefficient (Wildman–Crippen LogP) is 2.46. The zero-order valence-corrected chi connectivity index (χ0v) is 10.5. The standard InChI is InChI=1S/C14H22FNO/c1-16(10-3-2-4-12-17)11-9-13-5-7-14(15)8-6-13/h5-8,17H,2-4,9-12H2,1H3. The third-order valence-corrected chi connectivity index (χ3v) is 2.89. The fraction of sp³-hybridized carbons (Fsp3) is 0.571. The SMILES string of the molecule is CN(CCCCCO)CCc1ccc(F)cc1. The lowest BCUT2D eigenvalue weighted by Crippen LogP contribution is -2.22. The Bertz CT molecular complexity index is 300. The number of hydrogen-bond acceptors (Lipinski definition) is 2. The van der Waals surface area contributed by atoms with E-state index < -0.39 is 0 Å². The van der Waals surface area contributed by atoms with Crippen molar-refractivity contribution in [3.63, 3.8) is 0 Å². The van der Waals surface area contributed by atoms with Gasteiger partial charge in [0, 0.05) is 13.2 Å². The number of nitrogens with zero attached hydrogens (tertiary/aromatic N) is 1. The summed E-state index contributed by atoms with van der Waals surface area (Å²) in [4.78, 5) is 2.28. The molecule has 96 valence electrons. The Morgan fingerprint density at radius 3 is 2.41 bits per heavy atom. The number of halogens is 1. The molecule has 1 aromatic carbocycles. The van der Waals surface area contributed by atoms with Gasteiger partial charge in [-0.2, -0.15) is 0 Å². The van der Waals surface area contributed by atoms with Crippen molar-refractivity contribution in [2.75, 3.05) is 26.7 Å². The number of aliphatic hydroxyl groups excluding tert-OH is 1. The molecule has 0 aliphatic carbocycles. The van der Waals surface area contributed by atoms with E-state index in [1.807, 2.05) is 12.1 Å². The van der Waals surface area contributed by atoms with E-state index in [9.17, 15) is 4.39 Å². The van der Waals surface area contributed by atoms with Gasteiger partial charge in [-0.1, -0.05) is 12.1 Å². The molecule has 0 bridgehead atoms. The molecule has 0 unspecified atom stereocenters. The summed E-state index contributed by atoms with van der Waals surface area (Å²) in [7, 11) is 2.10. The average molecular weight is 239 g/mol. The lowest BCUT2D eigenvalue weighted by atomic mass is 10.1. The Kier molecular flexibility index (Phi) is 6.82. The van der Waals surface area contributed by atoms with Crippen molar-refractivity contribution in [3.05, 3.63) is 35.6 Å². The molecule has 0 aliphatic rings. The lowest BCUT2D eigenvalue weighted by Gasteiger charge is -2.16. The zero-order chi connectivity index (χ0) is 12.5. The molecular formula is C14H22FNO. The number of aliphatic hydroxyl groups is 1. The van der Waals surface area contributed by atoms with Gasteiger partial charge in [-0.15, -0.1) is 0 Å². The monoisotopic (exact) mass is 239 g/mol. The summed E-state index contributed by atoms with van der Waals surface area (Å²) < 4.78 is 12.7. The van der Waals surface area contributed by atoms with E-state index in [1.165, 1.54) is 17.7 Å². The van der Waals surface area contributed by atoms with Gasteiger partial charge >= 0.3 is 0 Å². The molecule has 1 aromatic rings. The second kappa shape index (κ2) is 8.20. The summed E-state index contributed by atoms with van der Waals surface area (Å²) in [6.45, 7) is 2.34. The maximum atomic E-state index is 12.7. The quantitative estimate of drug-likeness (QED) is 0.704. The lowest BCUT2D eigenvalue weighted by molar-refractivity contribution is 0.273. The molecule has 0 heterocycles. The van der Waals surface area contributed by atoms with Gasteiger partial charge in [-0.3, -0.25) is 0 Å². The van der Waals surface area contributed by atoms with Crippen LogP contribution in [0.2, 0.25) is 0 Å². The molecule has 3 heteroatoms. The highest BCUT2D eigenvalue weighted by atomic mass is 19.1. The van der Waals surface area contributed by atoms with E-state index in [2.05, 4.69) is 11.9 Å². The van der Waals surface area contributed by atoms with Crippen LogP contribution in [-0.2, 0) is 6.42 Å². The third-order valence-electron chi connectivity index (χ3n) is 2.89. The van der Waals surface area contributed by atoms with Crippen LogP contribution in [0.15, 0.2) is 24.3 Å². The molecular weight excluding hydrogens is 217 g/mol. The normalized spacial score (nSPS) is 11.1. The fourth-order valence-electron chi connectivity index (χ4n) is 1.75. The first-order chi connectivity index (χ1) is 8.22. The van der Waals surface area contributed by atoms with E-state index in [4.69, 9.17) is 5.11 Å². The maximum absolute atomic E-state index is 12.7. The van der Waals surface area contributed by atoms with E-state index in [1.54, 1.807) is 0 Å². The van der Waals surface area contributed by atoms with Crippen LogP contribution in [0.25, 0.3) is 0 Å². The van der Waals surface area contributed by atoms with E-state index in [0.717, 1.165) is 38.8 Å². The molecule has 0 saturated heterocycles. The molecule has 1 N–H and O–H groups in total. The summed E-state index contributed by atoms with van der Waals surface area (Å²) in [5.41, 5.74) is 1.17. The second-order valence-corrected chi connectivity index (χ2v) is 4.46. The Labute approximate surface area is 103 Å². The topological polar surface area (TPSA) is 23.5 Å². The summed E-state index contributed by atoms with van der Waals surface area (Å²) in [5, 5.41) is 8.66. The molecule has 0 radical (unpaired) electrons. The van der Waals surface area contributed by atoms with Crippen LogP contribution < -0.4 is 0 Å². The summed E-state index contributed by atoms with van der Waals surface area (Å²) in [6, 6.07) is 6.71. The predicted molar refractivity (Wildman–Crippen MR) is 68.5 cm³/mol. The molecule has 1 rings (SSSR count). The Morgan fingerprint density at radius 1 is 1.06 bits per heavy atom. The number of likely N-dealkylation sites (N-methyl/N-ethyl adjacent to an activating group) is 1. The second-order valence-electron chi connectivity index (χ2n) is 4.46. The zero-order valence-electron chi connectivity index (χ0n) is 10.5. The van der Waals surface area contributed by atoms with Gasteiger partial charge in [-0.25, -0.2) is 4.39 Å². The van der Waals surface area contributed by atoms with Gasteiger partial charge < -0.3 is 10.0 Å². The molecule has 0 fully saturated rings. The van der Waals surface area contributed by atoms with Crippen molar-refractivity contribution in [3.8, 4) is 0 Å². The summed E-state index contributed by atoms with van der Waals surface area (Å²) >= 11 is 0. The van der Waals surface area contributed by atoms with E-state index in [0.29, 0.717) is 6.61 Å². The first kappa shape index (κ1) is 14.1. The smallest absolute Gasteiger partial charge is 0.123 e. The van der Waals surface area contributed by atoms with Crippen molar-refractivity contribution >= 4 is 0 Å². The minimum atomic E-state index is -0.175. The number of hydrogen-bond donors (Lipinski definition) is 1.